The van der Waals surface area contributed by atoms with Gasteiger partial charge in [0.15, 0.2) is 11.8 Å². The molecule has 0 aromatic carbocycles. The Morgan fingerprint density at radius 2 is 2.27 bits per heavy atom. The standard InChI is InChI=1S/C19H29N7/c1-13(2)18-24-17-6-5-16(12-26(17)25-18)23-19(20-4)22-10-8-15-7-9-21-11-14(15)3/h7,9,11,13,16H,5-6,8,10,12H2,1-4H3,(H2,20,22,23). The van der Waals surface area contributed by atoms with Crippen molar-refractivity contribution in [1.29, 1.82) is 0 Å². The molecule has 1 atom stereocenters. The minimum absolute atomic E-state index is 0.318. The predicted octanol–water partition coefficient (Wildman–Crippen LogP) is 1.83. The summed E-state index contributed by atoms with van der Waals surface area (Å²) in [5.41, 5.74) is 2.54. The number of aryl methyl sites for hydroxylation is 2. The van der Waals surface area contributed by atoms with Crippen LogP contribution in [0.3, 0.4) is 0 Å². The highest BCUT2D eigenvalue weighted by atomic mass is 15.4. The van der Waals surface area contributed by atoms with E-state index in [1.54, 1.807) is 0 Å². The maximum atomic E-state index is 4.65. The van der Waals surface area contributed by atoms with E-state index in [9.17, 15) is 0 Å². The monoisotopic (exact) mass is 355 g/mol. The average Bonchev–Trinajstić information content (AvgIpc) is 3.06. The first kappa shape index (κ1) is 18.4. The Hall–Kier alpha value is -2.44. The zero-order valence-electron chi connectivity index (χ0n) is 16.2. The van der Waals surface area contributed by atoms with Crippen LogP contribution in [0, 0.1) is 6.92 Å². The molecule has 1 aliphatic rings. The fourth-order valence-electron chi connectivity index (χ4n) is 3.18. The second-order valence-electron chi connectivity index (χ2n) is 7.15. The number of rotatable bonds is 5. The van der Waals surface area contributed by atoms with E-state index in [1.807, 2.05) is 24.1 Å². The average molecular weight is 355 g/mol. The van der Waals surface area contributed by atoms with E-state index in [4.69, 9.17) is 0 Å². The Balaban J connectivity index is 1.51. The van der Waals surface area contributed by atoms with E-state index < -0.39 is 0 Å². The zero-order chi connectivity index (χ0) is 18.5. The molecule has 3 rings (SSSR count). The van der Waals surface area contributed by atoms with Crippen LogP contribution in [0.4, 0.5) is 0 Å². The van der Waals surface area contributed by atoms with E-state index in [2.05, 4.69) is 57.5 Å². The molecule has 0 saturated carbocycles. The highest BCUT2D eigenvalue weighted by Gasteiger charge is 2.23. The van der Waals surface area contributed by atoms with E-state index in [0.29, 0.717) is 12.0 Å². The molecule has 1 unspecified atom stereocenters. The molecule has 0 spiro atoms. The molecule has 1 aliphatic heterocycles. The third kappa shape index (κ3) is 4.39. The summed E-state index contributed by atoms with van der Waals surface area (Å²) in [7, 11) is 1.81. The van der Waals surface area contributed by atoms with Gasteiger partial charge in [0.25, 0.3) is 0 Å². The van der Waals surface area contributed by atoms with Gasteiger partial charge in [-0.2, -0.15) is 5.10 Å². The summed E-state index contributed by atoms with van der Waals surface area (Å²) in [5, 5.41) is 11.6. The van der Waals surface area contributed by atoms with Crippen LogP contribution in [0.25, 0.3) is 0 Å². The number of pyridine rings is 1. The first-order chi connectivity index (χ1) is 12.6. The summed E-state index contributed by atoms with van der Waals surface area (Å²) in [6.07, 6.45) is 6.69. The molecule has 0 radical (unpaired) electrons. The summed E-state index contributed by atoms with van der Waals surface area (Å²) in [6.45, 7) is 8.03. The van der Waals surface area contributed by atoms with E-state index in [1.165, 1.54) is 11.1 Å². The number of aromatic nitrogens is 4. The number of aliphatic imine (C=N–C) groups is 1. The summed E-state index contributed by atoms with van der Waals surface area (Å²) in [5.74, 6) is 3.25. The largest absolute Gasteiger partial charge is 0.356 e. The SMILES string of the molecule is CN=C(NCCc1ccncc1C)NC1CCc2nc(C(C)C)nn2C1. The summed E-state index contributed by atoms with van der Waals surface area (Å²) in [4.78, 5) is 13.2. The molecule has 0 saturated heterocycles. The molecule has 2 aromatic heterocycles. The van der Waals surface area contributed by atoms with Gasteiger partial charge in [0, 0.05) is 44.4 Å². The van der Waals surface area contributed by atoms with Crippen molar-refractivity contribution in [3.05, 3.63) is 41.2 Å². The van der Waals surface area contributed by atoms with Crippen LogP contribution in [0.5, 0.6) is 0 Å². The minimum Gasteiger partial charge on any atom is -0.356 e. The highest BCUT2D eigenvalue weighted by Crippen LogP contribution is 2.16. The van der Waals surface area contributed by atoms with E-state index >= 15 is 0 Å². The number of nitrogens with zero attached hydrogens (tertiary/aromatic N) is 5. The van der Waals surface area contributed by atoms with Gasteiger partial charge in [0.05, 0.1) is 6.54 Å². The summed E-state index contributed by atoms with van der Waals surface area (Å²) in [6, 6.07) is 2.39. The molecule has 2 N–H and O–H groups in total. The number of nitrogens with one attached hydrogen (secondary N) is 2. The van der Waals surface area contributed by atoms with Crippen LogP contribution in [0.1, 0.15) is 49.0 Å². The normalized spacial score (nSPS) is 17.3. The third-order valence-corrected chi connectivity index (χ3v) is 4.78. The van der Waals surface area contributed by atoms with Crippen molar-refractivity contribution in [3.63, 3.8) is 0 Å². The van der Waals surface area contributed by atoms with Crippen LogP contribution >= 0.6 is 0 Å². The smallest absolute Gasteiger partial charge is 0.191 e. The molecule has 2 aromatic rings. The Labute approximate surface area is 155 Å². The minimum atomic E-state index is 0.318. The van der Waals surface area contributed by atoms with Crippen molar-refractivity contribution in [2.24, 2.45) is 4.99 Å². The van der Waals surface area contributed by atoms with Crippen molar-refractivity contribution < 1.29 is 0 Å². The lowest BCUT2D eigenvalue weighted by Gasteiger charge is -2.25. The molecule has 0 amide bonds. The second kappa shape index (κ2) is 8.29. The summed E-state index contributed by atoms with van der Waals surface area (Å²) < 4.78 is 2.05. The quantitative estimate of drug-likeness (QED) is 0.632. The van der Waals surface area contributed by atoms with Crippen molar-refractivity contribution in [2.45, 2.75) is 58.5 Å². The number of guanidine groups is 1. The van der Waals surface area contributed by atoms with Crippen LogP contribution in [-0.2, 0) is 19.4 Å². The van der Waals surface area contributed by atoms with Crippen molar-refractivity contribution in [3.8, 4) is 0 Å². The fraction of sp³-hybridized carbons (Fsp3) is 0.579. The Morgan fingerprint density at radius 1 is 1.42 bits per heavy atom. The maximum absolute atomic E-state index is 4.65. The van der Waals surface area contributed by atoms with Gasteiger partial charge >= 0.3 is 0 Å². The highest BCUT2D eigenvalue weighted by molar-refractivity contribution is 5.79. The van der Waals surface area contributed by atoms with Gasteiger partial charge in [-0.3, -0.25) is 9.98 Å². The lowest BCUT2D eigenvalue weighted by Crippen LogP contribution is -2.47. The summed E-state index contributed by atoms with van der Waals surface area (Å²) >= 11 is 0. The number of hydrogen-bond acceptors (Lipinski definition) is 4. The van der Waals surface area contributed by atoms with Gasteiger partial charge in [-0.1, -0.05) is 13.8 Å². The molecule has 7 heteroatoms. The Kier molecular flexibility index (Phi) is 5.85. The zero-order valence-corrected chi connectivity index (χ0v) is 16.2. The van der Waals surface area contributed by atoms with E-state index in [-0.39, 0.29) is 0 Å². The van der Waals surface area contributed by atoms with Gasteiger partial charge in [-0.05, 0) is 37.0 Å². The van der Waals surface area contributed by atoms with Gasteiger partial charge in [0.2, 0.25) is 0 Å². The van der Waals surface area contributed by atoms with Crippen LogP contribution in [0.15, 0.2) is 23.5 Å². The van der Waals surface area contributed by atoms with Gasteiger partial charge in [-0.25, -0.2) is 9.67 Å². The van der Waals surface area contributed by atoms with Gasteiger partial charge < -0.3 is 10.6 Å². The van der Waals surface area contributed by atoms with Crippen molar-refractivity contribution in [2.75, 3.05) is 13.6 Å². The van der Waals surface area contributed by atoms with Gasteiger partial charge in [0.1, 0.15) is 5.82 Å². The van der Waals surface area contributed by atoms with Gasteiger partial charge in [-0.15, -0.1) is 0 Å². The lowest BCUT2D eigenvalue weighted by atomic mass is 10.1. The molecule has 0 bridgehead atoms. The van der Waals surface area contributed by atoms with Crippen LogP contribution in [0.2, 0.25) is 0 Å². The molecule has 0 aliphatic carbocycles. The number of hydrogen-bond donors (Lipinski definition) is 2. The molecule has 7 nitrogen and oxygen atoms in total. The predicted molar refractivity (Wildman–Crippen MR) is 103 cm³/mol. The molecule has 3 heterocycles. The molecule has 26 heavy (non-hydrogen) atoms. The molecule has 140 valence electrons. The first-order valence-corrected chi connectivity index (χ1v) is 9.37. The Morgan fingerprint density at radius 3 is 3.00 bits per heavy atom. The van der Waals surface area contributed by atoms with E-state index in [0.717, 1.165) is 50.0 Å². The Bertz CT molecular complexity index is 763. The maximum Gasteiger partial charge on any atom is 0.191 e. The van der Waals surface area contributed by atoms with Crippen molar-refractivity contribution in [1.82, 2.24) is 30.4 Å². The first-order valence-electron chi connectivity index (χ1n) is 9.37. The fourth-order valence-corrected chi connectivity index (χ4v) is 3.18. The van der Waals surface area contributed by atoms with Crippen LogP contribution in [-0.4, -0.2) is 45.3 Å². The lowest BCUT2D eigenvalue weighted by molar-refractivity contribution is 0.391. The second-order valence-corrected chi connectivity index (χ2v) is 7.15. The van der Waals surface area contributed by atoms with Crippen molar-refractivity contribution >= 4 is 5.96 Å². The number of fused-ring (bicyclic) bond motifs is 1. The molecule has 0 fully saturated rings. The topological polar surface area (TPSA) is 80.0 Å². The third-order valence-electron chi connectivity index (χ3n) is 4.78. The molecular weight excluding hydrogens is 326 g/mol. The molecular formula is C19H29N7. The van der Waals surface area contributed by atoms with Crippen LogP contribution < -0.4 is 10.6 Å².